The second kappa shape index (κ2) is 7.08. The molecule has 5 rings (SSSR count). The van der Waals surface area contributed by atoms with Crippen LogP contribution in [0, 0.1) is 6.92 Å². The van der Waals surface area contributed by atoms with Crippen LogP contribution in [0.2, 0.25) is 0 Å². The number of hydrogen-bond acceptors (Lipinski definition) is 4. The van der Waals surface area contributed by atoms with Crippen LogP contribution in [-0.4, -0.2) is 33.0 Å². The van der Waals surface area contributed by atoms with Crippen LogP contribution in [0.1, 0.15) is 30.1 Å². The van der Waals surface area contributed by atoms with Gasteiger partial charge in [0.15, 0.2) is 0 Å². The number of fused-ring (bicyclic) bond motifs is 1. The minimum absolute atomic E-state index is 0.472. The largest absolute Gasteiger partial charge is 0.356 e. The summed E-state index contributed by atoms with van der Waals surface area (Å²) in [6, 6.07) is 18.8. The highest BCUT2D eigenvalue weighted by Gasteiger charge is 2.24. The van der Waals surface area contributed by atoms with E-state index in [0.29, 0.717) is 5.92 Å². The molecule has 1 saturated heterocycles. The van der Waals surface area contributed by atoms with Gasteiger partial charge in [0.25, 0.3) is 0 Å². The number of aromatic amines is 1. The fraction of sp³-hybridized carbons (Fsp3) is 0.261. The lowest BCUT2D eigenvalue weighted by molar-refractivity contribution is 0.487. The van der Waals surface area contributed by atoms with Crippen LogP contribution in [0.3, 0.4) is 0 Å². The molecule has 0 unspecified atom stereocenters. The maximum absolute atomic E-state index is 4.83. The molecule has 28 heavy (non-hydrogen) atoms. The monoisotopic (exact) mass is 369 g/mol. The Morgan fingerprint density at radius 2 is 1.79 bits per heavy atom. The number of rotatable bonds is 3. The first-order valence-electron chi connectivity index (χ1n) is 9.85. The van der Waals surface area contributed by atoms with Crippen molar-refractivity contribution in [1.29, 1.82) is 0 Å². The Morgan fingerprint density at radius 3 is 2.61 bits per heavy atom. The Labute approximate surface area is 164 Å². The van der Waals surface area contributed by atoms with E-state index in [4.69, 9.17) is 4.98 Å². The Balaban J connectivity index is 1.31. The normalized spacial score (nSPS) is 15.2. The molecule has 1 N–H and O–H groups in total. The van der Waals surface area contributed by atoms with Gasteiger partial charge in [-0.25, -0.2) is 15.0 Å². The predicted molar refractivity (Wildman–Crippen MR) is 112 cm³/mol. The van der Waals surface area contributed by atoms with Crippen LogP contribution in [0.15, 0.2) is 60.9 Å². The average molecular weight is 369 g/mol. The molecule has 140 valence electrons. The highest BCUT2D eigenvalue weighted by atomic mass is 15.2. The Hall–Kier alpha value is -3.21. The van der Waals surface area contributed by atoms with Crippen molar-refractivity contribution in [3.63, 3.8) is 0 Å². The van der Waals surface area contributed by atoms with E-state index in [1.54, 1.807) is 6.33 Å². The number of H-pyrrole nitrogens is 1. The van der Waals surface area contributed by atoms with Crippen LogP contribution in [0.25, 0.3) is 22.3 Å². The number of hydrogen-bond donors (Lipinski definition) is 1. The van der Waals surface area contributed by atoms with Crippen molar-refractivity contribution in [2.45, 2.75) is 25.7 Å². The highest BCUT2D eigenvalue weighted by molar-refractivity contribution is 5.76. The lowest BCUT2D eigenvalue weighted by Crippen LogP contribution is -2.33. The van der Waals surface area contributed by atoms with Crippen LogP contribution < -0.4 is 4.90 Å². The zero-order valence-corrected chi connectivity index (χ0v) is 16.0. The minimum atomic E-state index is 0.472. The highest BCUT2D eigenvalue weighted by Crippen LogP contribution is 2.30. The smallest absolute Gasteiger partial charge is 0.132 e. The lowest BCUT2D eigenvalue weighted by Gasteiger charge is -2.32. The summed E-state index contributed by atoms with van der Waals surface area (Å²) < 4.78 is 0. The molecule has 3 heterocycles. The Bertz CT molecular complexity index is 1090. The van der Waals surface area contributed by atoms with E-state index < -0.39 is 0 Å². The van der Waals surface area contributed by atoms with Crippen LogP contribution >= 0.6 is 0 Å². The first kappa shape index (κ1) is 16.9. The molecule has 4 aromatic rings. The van der Waals surface area contributed by atoms with Crippen molar-refractivity contribution in [3.05, 3.63) is 72.3 Å². The summed E-state index contributed by atoms with van der Waals surface area (Å²) in [4.78, 5) is 19.7. The number of benzene rings is 2. The average Bonchev–Trinajstić information content (AvgIpc) is 3.18. The van der Waals surface area contributed by atoms with Crippen LogP contribution in [0.4, 0.5) is 5.82 Å². The Morgan fingerprint density at radius 1 is 0.964 bits per heavy atom. The fourth-order valence-corrected chi connectivity index (χ4v) is 4.01. The van der Waals surface area contributed by atoms with E-state index in [1.807, 2.05) is 18.2 Å². The number of aromatic nitrogens is 4. The van der Waals surface area contributed by atoms with Gasteiger partial charge in [0.2, 0.25) is 0 Å². The van der Waals surface area contributed by atoms with Crippen molar-refractivity contribution in [1.82, 2.24) is 19.9 Å². The first-order chi connectivity index (χ1) is 13.8. The van der Waals surface area contributed by atoms with Gasteiger partial charge in [-0.15, -0.1) is 0 Å². The van der Waals surface area contributed by atoms with E-state index in [-0.39, 0.29) is 0 Å². The molecule has 0 amide bonds. The van der Waals surface area contributed by atoms with Gasteiger partial charge < -0.3 is 9.88 Å². The summed E-state index contributed by atoms with van der Waals surface area (Å²) in [5.74, 6) is 2.60. The van der Waals surface area contributed by atoms with Gasteiger partial charge in [-0.05, 0) is 37.5 Å². The number of nitrogens with one attached hydrogen (secondary N) is 1. The van der Waals surface area contributed by atoms with E-state index in [0.717, 1.165) is 59.9 Å². The van der Waals surface area contributed by atoms with Crippen LogP contribution in [-0.2, 0) is 0 Å². The van der Waals surface area contributed by atoms with Crippen molar-refractivity contribution < 1.29 is 0 Å². The molecular formula is C23H23N5. The third-order valence-corrected chi connectivity index (χ3v) is 5.58. The second-order valence-corrected chi connectivity index (χ2v) is 7.53. The number of piperidine rings is 1. The van der Waals surface area contributed by atoms with Gasteiger partial charge in [-0.1, -0.05) is 36.4 Å². The standard InChI is InChI=1S/C23H23N5/c1-16-7-8-19-21(13-16)27-23(26-19)18-9-11-28(12-10-18)22-14-20(24-15-25-22)17-5-3-2-4-6-17/h2-8,13-15,18H,9-12H2,1H3,(H,26,27). The van der Waals surface area contributed by atoms with Gasteiger partial charge >= 0.3 is 0 Å². The summed E-state index contributed by atoms with van der Waals surface area (Å²) in [5.41, 5.74) is 5.56. The molecule has 0 radical (unpaired) electrons. The molecule has 1 fully saturated rings. The topological polar surface area (TPSA) is 57.7 Å². The second-order valence-electron chi connectivity index (χ2n) is 7.53. The Kier molecular flexibility index (Phi) is 4.28. The van der Waals surface area contributed by atoms with Crippen molar-refractivity contribution in [2.24, 2.45) is 0 Å². The van der Waals surface area contributed by atoms with Crippen LogP contribution in [0.5, 0.6) is 0 Å². The fourth-order valence-electron chi connectivity index (χ4n) is 4.01. The van der Waals surface area contributed by atoms with E-state index in [2.05, 4.69) is 63.2 Å². The summed E-state index contributed by atoms with van der Waals surface area (Å²) >= 11 is 0. The number of imidazole rings is 1. The predicted octanol–water partition coefficient (Wildman–Crippen LogP) is 4.71. The maximum atomic E-state index is 4.83. The molecule has 5 heteroatoms. The zero-order chi connectivity index (χ0) is 18.9. The van der Waals surface area contributed by atoms with Crippen molar-refractivity contribution in [3.8, 4) is 11.3 Å². The van der Waals surface area contributed by atoms with Crippen molar-refractivity contribution in [2.75, 3.05) is 18.0 Å². The first-order valence-corrected chi connectivity index (χ1v) is 9.85. The van der Waals surface area contributed by atoms with Gasteiger partial charge in [-0.2, -0.15) is 0 Å². The molecule has 2 aromatic heterocycles. The summed E-state index contributed by atoms with van der Waals surface area (Å²) in [6.07, 6.45) is 3.82. The molecule has 0 atom stereocenters. The number of anilines is 1. The minimum Gasteiger partial charge on any atom is -0.356 e. The lowest BCUT2D eigenvalue weighted by atomic mass is 9.96. The van der Waals surface area contributed by atoms with Gasteiger partial charge in [0.1, 0.15) is 18.0 Å². The van der Waals surface area contributed by atoms with E-state index in [9.17, 15) is 0 Å². The quantitative estimate of drug-likeness (QED) is 0.568. The zero-order valence-electron chi connectivity index (χ0n) is 16.0. The molecule has 5 nitrogen and oxygen atoms in total. The third kappa shape index (κ3) is 3.24. The molecular weight excluding hydrogens is 346 g/mol. The van der Waals surface area contributed by atoms with Crippen molar-refractivity contribution >= 4 is 16.9 Å². The van der Waals surface area contributed by atoms with E-state index in [1.165, 1.54) is 5.56 Å². The number of nitrogens with zero attached hydrogens (tertiary/aromatic N) is 4. The number of aryl methyl sites for hydroxylation is 1. The molecule has 0 saturated carbocycles. The molecule has 1 aliphatic rings. The maximum Gasteiger partial charge on any atom is 0.132 e. The summed E-state index contributed by atoms with van der Waals surface area (Å²) in [7, 11) is 0. The molecule has 0 aliphatic carbocycles. The van der Waals surface area contributed by atoms with E-state index >= 15 is 0 Å². The van der Waals surface area contributed by atoms with Gasteiger partial charge in [0.05, 0.1) is 16.7 Å². The molecule has 2 aromatic carbocycles. The molecule has 0 bridgehead atoms. The summed E-state index contributed by atoms with van der Waals surface area (Å²) in [6.45, 7) is 4.07. The molecule has 1 aliphatic heterocycles. The molecule has 0 spiro atoms. The van der Waals surface area contributed by atoms with Gasteiger partial charge in [-0.3, -0.25) is 0 Å². The third-order valence-electron chi connectivity index (χ3n) is 5.58. The SMILES string of the molecule is Cc1ccc2nc(C3CCN(c4cc(-c5ccccc5)ncn4)CC3)[nH]c2c1. The summed E-state index contributed by atoms with van der Waals surface area (Å²) in [5, 5.41) is 0. The van der Waals surface area contributed by atoms with Gasteiger partial charge in [0, 0.05) is 30.6 Å².